The normalized spacial score (nSPS) is 14.0. The van der Waals surface area contributed by atoms with Crippen molar-refractivity contribution in [2.45, 2.75) is 18.1 Å². The highest BCUT2D eigenvalue weighted by molar-refractivity contribution is 7.99. The summed E-state index contributed by atoms with van der Waals surface area (Å²) >= 11 is 1.66. The zero-order chi connectivity index (χ0) is 16.1. The minimum absolute atomic E-state index is 0.321. The highest BCUT2D eigenvalue weighted by Gasteiger charge is 2.14. The van der Waals surface area contributed by atoms with Gasteiger partial charge in [0, 0.05) is 12.1 Å². The van der Waals surface area contributed by atoms with Gasteiger partial charge in [-0.2, -0.15) is 0 Å². The zero-order valence-corrected chi connectivity index (χ0v) is 13.5. The Balaban J connectivity index is 1.40. The second-order valence-electron chi connectivity index (χ2n) is 4.88. The molecule has 23 heavy (non-hydrogen) atoms. The number of fused-ring (bicyclic) bond motifs is 1. The molecule has 4 nitrogen and oxygen atoms in total. The van der Waals surface area contributed by atoms with Crippen LogP contribution in [0.4, 0.5) is 4.39 Å². The molecule has 2 aromatic carbocycles. The van der Waals surface area contributed by atoms with Gasteiger partial charge in [0.15, 0.2) is 6.29 Å². The van der Waals surface area contributed by atoms with Crippen molar-refractivity contribution in [3.05, 3.63) is 48.3 Å². The molecule has 0 saturated heterocycles. The number of hydrogen-bond donors (Lipinski definition) is 0. The van der Waals surface area contributed by atoms with Crippen molar-refractivity contribution >= 4 is 11.8 Å². The van der Waals surface area contributed by atoms with Gasteiger partial charge in [0.2, 0.25) is 0 Å². The van der Waals surface area contributed by atoms with E-state index in [-0.39, 0.29) is 5.82 Å². The van der Waals surface area contributed by atoms with E-state index in [4.69, 9.17) is 18.9 Å². The van der Waals surface area contributed by atoms with Crippen molar-refractivity contribution in [1.82, 2.24) is 0 Å². The van der Waals surface area contributed by atoms with E-state index >= 15 is 0 Å². The Morgan fingerprint density at radius 3 is 2.96 bits per heavy atom. The van der Waals surface area contributed by atoms with Gasteiger partial charge in [-0.1, -0.05) is 17.8 Å². The summed E-state index contributed by atoms with van der Waals surface area (Å²) in [5.74, 6) is 2.34. The van der Waals surface area contributed by atoms with Crippen LogP contribution >= 0.6 is 11.8 Å². The largest absolute Gasteiger partial charge is 0.491 e. The SMILES string of the molecule is CC(OCCOc1cccc(F)c1)Oc1ccc2c(c1)OCS2. The molecule has 0 aromatic heterocycles. The number of thioether (sulfide) groups is 1. The van der Waals surface area contributed by atoms with E-state index in [1.807, 2.05) is 25.1 Å². The molecule has 0 aliphatic carbocycles. The third-order valence-corrected chi connectivity index (χ3v) is 4.03. The van der Waals surface area contributed by atoms with Gasteiger partial charge in [-0.3, -0.25) is 0 Å². The monoisotopic (exact) mass is 336 g/mol. The second-order valence-corrected chi connectivity index (χ2v) is 5.84. The number of ether oxygens (including phenoxy) is 4. The summed E-state index contributed by atoms with van der Waals surface area (Å²) in [7, 11) is 0. The van der Waals surface area contributed by atoms with Gasteiger partial charge in [-0.05, 0) is 31.2 Å². The van der Waals surface area contributed by atoms with Gasteiger partial charge in [-0.25, -0.2) is 4.39 Å². The van der Waals surface area contributed by atoms with E-state index in [0.717, 1.165) is 10.6 Å². The lowest BCUT2D eigenvalue weighted by atomic mass is 10.3. The minimum atomic E-state index is -0.418. The van der Waals surface area contributed by atoms with Crippen LogP contribution < -0.4 is 14.2 Å². The molecule has 0 spiro atoms. The first-order valence-electron chi connectivity index (χ1n) is 7.27. The van der Waals surface area contributed by atoms with Gasteiger partial charge in [0.05, 0.1) is 11.5 Å². The Hall–Kier alpha value is -1.92. The summed E-state index contributed by atoms with van der Waals surface area (Å²) in [5.41, 5.74) is 0. The summed E-state index contributed by atoms with van der Waals surface area (Å²) in [6, 6.07) is 11.7. The molecule has 1 unspecified atom stereocenters. The molecule has 1 aliphatic rings. The van der Waals surface area contributed by atoms with Crippen molar-refractivity contribution in [2.75, 3.05) is 19.2 Å². The molecule has 122 valence electrons. The highest BCUT2D eigenvalue weighted by Crippen LogP contribution is 2.38. The maximum atomic E-state index is 13.0. The Labute approximate surface area is 138 Å². The van der Waals surface area contributed by atoms with Gasteiger partial charge in [0.25, 0.3) is 0 Å². The van der Waals surface area contributed by atoms with Crippen LogP contribution in [0.3, 0.4) is 0 Å². The first kappa shape index (κ1) is 16.0. The molecule has 3 rings (SSSR count). The van der Waals surface area contributed by atoms with E-state index in [0.29, 0.717) is 30.7 Å². The van der Waals surface area contributed by atoms with Crippen molar-refractivity contribution in [2.24, 2.45) is 0 Å². The van der Waals surface area contributed by atoms with E-state index in [2.05, 4.69) is 0 Å². The van der Waals surface area contributed by atoms with Crippen LogP contribution in [0, 0.1) is 5.82 Å². The maximum Gasteiger partial charge on any atom is 0.197 e. The summed E-state index contributed by atoms with van der Waals surface area (Å²) in [6.45, 7) is 2.47. The molecule has 0 N–H and O–H groups in total. The Kier molecular flexibility index (Phi) is 5.25. The fourth-order valence-corrected chi connectivity index (χ4v) is 2.84. The molecule has 1 heterocycles. The topological polar surface area (TPSA) is 36.9 Å². The number of rotatable bonds is 7. The molecule has 2 aromatic rings. The van der Waals surface area contributed by atoms with Crippen LogP contribution in [-0.2, 0) is 4.74 Å². The Bertz CT molecular complexity index is 665. The molecule has 0 bridgehead atoms. The standard InChI is InChI=1S/C17H17FO4S/c1-12(19-7-8-20-14-4-2-3-13(18)9-14)22-15-5-6-17-16(10-15)21-11-23-17/h2-6,9-10,12H,7-8,11H2,1H3. The highest BCUT2D eigenvalue weighted by atomic mass is 32.2. The molecule has 0 saturated carbocycles. The lowest BCUT2D eigenvalue weighted by molar-refractivity contribution is -0.0740. The first-order chi connectivity index (χ1) is 11.2. The van der Waals surface area contributed by atoms with Crippen LogP contribution in [0.1, 0.15) is 6.92 Å². The lowest BCUT2D eigenvalue weighted by Crippen LogP contribution is -2.19. The second kappa shape index (κ2) is 7.57. The molecule has 0 fully saturated rings. The van der Waals surface area contributed by atoms with E-state index < -0.39 is 6.29 Å². The van der Waals surface area contributed by atoms with Crippen LogP contribution in [-0.4, -0.2) is 25.4 Å². The van der Waals surface area contributed by atoms with Crippen molar-refractivity contribution < 1.29 is 23.3 Å². The van der Waals surface area contributed by atoms with Crippen molar-refractivity contribution in [1.29, 1.82) is 0 Å². The van der Waals surface area contributed by atoms with Gasteiger partial charge >= 0.3 is 0 Å². The van der Waals surface area contributed by atoms with Gasteiger partial charge in [0.1, 0.15) is 35.6 Å². The van der Waals surface area contributed by atoms with Crippen LogP contribution in [0.2, 0.25) is 0 Å². The summed E-state index contributed by atoms with van der Waals surface area (Å²) in [6.07, 6.45) is -0.418. The fourth-order valence-electron chi connectivity index (χ4n) is 2.11. The van der Waals surface area contributed by atoms with Gasteiger partial charge in [-0.15, -0.1) is 0 Å². The van der Waals surface area contributed by atoms with E-state index in [9.17, 15) is 4.39 Å². The molecular weight excluding hydrogens is 319 g/mol. The maximum absolute atomic E-state index is 13.0. The molecule has 1 aliphatic heterocycles. The first-order valence-corrected chi connectivity index (χ1v) is 8.25. The molecule has 0 radical (unpaired) electrons. The predicted octanol–water partition coefficient (Wildman–Crippen LogP) is 4.09. The minimum Gasteiger partial charge on any atom is -0.491 e. The quantitative estimate of drug-likeness (QED) is 0.562. The summed E-state index contributed by atoms with van der Waals surface area (Å²) in [5, 5.41) is 0. The molecule has 0 amide bonds. The third kappa shape index (κ3) is 4.53. The van der Waals surface area contributed by atoms with Crippen LogP contribution in [0.5, 0.6) is 17.2 Å². The van der Waals surface area contributed by atoms with Crippen molar-refractivity contribution in [3.63, 3.8) is 0 Å². The fraction of sp³-hybridized carbons (Fsp3) is 0.294. The average molecular weight is 336 g/mol. The average Bonchev–Trinajstić information content (AvgIpc) is 2.99. The van der Waals surface area contributed by atoms with Crippen LogP contribution in [0.15, 0.2) is 47.4 Å². The molecule has 6 heteroatoms. The summed E-state index contributed by atoms with van der Waals surface area (Å²) < 4.78 is 35.1. The third-order valence-electron chi connectivity index (χ3n) is 3.15. The smallest absolute Gasteiger partial charge is 0.197 e. The number of halogens is 1. The molecule has 1 atom stereocenters. The Morgan fingerprint density at radius 2 is 2.09 bits per heavy atom. The zero-order valence-electron chi connectivity index (χ0n) is 12.7. The predicted molar refractivity (Wildman–Crippen MR) is 85.7 cm³/mol. The summed E-state index contributed by atoms with van der Waals surface area (Å²) in [4.78, 5) is 1.12. The van der Waals surface area contributed by atoms with E-state index in [1.165, 1.54) is 12.1 Å². The van der Waals surface area contributed by atoms with Crippen molar-refractivity contribution in [3.8, 4) is 17.2 Å². The number of hydrogen-bond acceptors (Lipinski definition) is 5. The van der Waals surface area contributed by atoms with E-state index in [1.54, 1.807) is 23.9 Å². The van der Waals surface area contributed by atoms with Crippen LogP contribution in [0.25, 0.3) is 0 Å². The Morgan fingerprint density at radius 1 is 1.17 bits per heavy atom. The lowest BCUT2D eigenvalue weighted by Gasteiger charge is -2.16. The number of benzene rings is 2. The van der Waals surface area contributed by atoms with Gasteiger partial charge < -0.3 is 18.9 Å². The molecular formula is C17H17FO4S.